The van der Waals surface area contributed by atoms with E-state index in [0.717, 1.165) is 215 Å². The first-order chi connectivity index (χ1) is 50.5. The van der Waals surface area contributed by atoms with Gasteiger partial charge in [-0.3, -0.25) is 0 Å². The second-order valence-electron chi connectivity index (χ2n) is 26.7. The zero-order valence-electron chi connectivity index (χ0n) is 54.6. The van der Waals surface area contributed by atoms with Crippen molar-refractivity contribution in [2.24, 2.45) is 0 Å². The molecular formula is C94H54N4O4. The molecule has 0 spiro atoms. The van der Waals surface area contributed by atoms with Crippen LogP contribution in [0.25, 0.3) is 221 Å². The molecule has 22 aromatic rings. The van der Waals surface area contributed by atoms with Gasteiger partial charge in [-0.15, -0.1) is 0 Å². The molecule has 0 saturated carbocycles. The summed E-state index contributed by atoms with van der Waals surface area (Å²) in [5.74, 6) is 0.630. The minimum absolute atomic E-state index is 0.630. The highest BCUT2D eigenvalue weighted by Gasteiger charge is 2.25. The summed E-state index contributed by atoms with van der Waals surface area (Å²) in [5.41, 5.74) is 25.5. The number of benzene rings is 15. The molecule has 0 aliphatic heterocycles. The van der Waals surface area contributed by atoms with Crippen molar-refractivity contribution in [1.82, 2.24) is 19.1 Å². The van der Waals surface area contributed by atoms with Crippen LogP contribution in [0.4, 0.5) is 0 Å². The zero-order chi connectivity index (χ0) is 66.7. The topological polar surface area (TPSA) is 88.2 Å². The maximum absolute atomic E-state index is 6.77. The molecule has 0 amide bonds. The molecule has 0 fully saturated rings. The van der Waals surface area contributed by atoms with Gasteiger partial charge in [-0.1, -0.05) is 231 Å². The average Bonchev–Trinajstić information content (AvgIpc) is 1.64. The molecule has 22 rings (SSSR count). The third-order valence-electron chi connectivity index (χ3n) is 20.9. The van der Waals surface area contributed by atoms with Gasteiger partial charge in [-0.05, 0) is 119 Å². The summed E-state index contributed by atoms with van der Waals surface area (Å²) in [7, 11) is 0. The molecule has 0 radical (unpaired) electrons. The number of fused-ring (bicyclic) bond motifs is 18. The van der Waals surface area contributed by atoms with Gasteiger partial charge in [0, 0.05) is 115 Å². The van der Waals surface area contributed by atoms with Crippen LogP contribution in [0.5, 0.6) is 0 Å². The summed E-state index contributed by atoms with van der Waals surface area (Å²) in [6.07, 6.45) is 0. The van der Waals surface area contributed by atoms with Crippen molar-refractivity contribution in [3.63, 3.8) is 0 Å². The van der Waals surface area contributed by atoms with Crippen LogP contribution in [0.3, 0.4) is 0 Å². The fourth-order valence-corrected chi connectivity index (χ4v) is 16.2. The van der Waals surface area contributed by atoms with Crippen molar-refractivity contribution in [3.05, 3.63) is 328 Å². The molecule has 102 heavy (non-hydrogen) atoms. The maximum Gasteiger partial charge on any atom is 0.160 e. The lowest BCUT2D eigenvalue weighted by molar-refractivity contribution is 0.669. The number of hydrogen-bond acceptors (Lipinski definition) is 6. The number of para-hydroxylation sites is 8. The van der Waals surface area contributed by atoms with E-state index < -0.39 is 0 Å². The van der Waals surface area contributed by atoms with E-state index in [9.17, 15) is 0 Å². The summed E-state index contributed by atoms with van der Waals surface area (Å²) in [6, 6.07) is 117. The lowest BCUT2D eigenvalue weighted by atomic mass is 9.98. The number of aromatic nitrogens is 4. The Bertz CT molecular complexity index is 6500. The van der Waals surface area contributed by atoms with Crippen LogP contribution < -0.4 is 0 Å². The van der Waals surface area contributed by atoms with Crippen LogP contribution in [0, 0.1) is 0 Å². The van der Waals surface area contributed by atoms with Gasteiger partial charge in [-0.25, -0.2) is 9.97 Å². The molecule has 0 bridgehead atoms. The molecule has 0 aliphatic rings. The van der Waals surface area contributed by atoms with Gasteiger partial charge in [-0.2, -0.15) is 0 Å². The first-order valence-corrected chi connectivity index (χ1v) is 34.5. The van der Waals surface area contributed by atoms with Crippen LogP contribution in [0.1, 0.15) is 0 Å². The third-order valence-corrected chi connectivity index (χ3v) is 20.9. The lowest BCUT2D eigenvalue weighted by Gasteiger charge is -2.17. The van der Waals surface area contributed by atoms with Crippen molar-refractivity contribution in [2.75, 3.05) is 0 Å². The fraction of sp³-hybridized carbons (Fsp3) is 0. The predicted octanol–water partition coefficient (Wildman–Crippen LogP) is 25.9. The largest absolute Gasteiger partial charge is 0.455 e. The highest BCUT2D eigenvalue weighted by Crippen LogP contribution is 2.47. The maximum atomic E-state index is 6.77. The van der Waals surface area contributed by atoms with Crippen molar-refractivity contribution < 1.29 is 17.7 Å². The monoisotopic (exact) mass is 1300 g/mol. The second-order valence-corrected chi connectivity index (χ2v) is 26.7. The van der Waals surface area contributed by atoms with Crippen LogP contribution in [0.2, 0.25) is 0 Å². The van der Waals surface area contributed by atoms with Gasteiger partial charge in [0.2, 0.25) is 0 Å². The van der Waals surface area contributed by atoms with Crippen molar-refractivity contribution in [1.29, 1.82) is 0 Å². The van der Waals surface area contributed by atoms with E-state index in [-0.39, 0.29) is 0 Å². The van der Waals surface area contributed by atoms with E-state index in [4.69, 9.17) is 27.6 Å². The number of nitrogens with zero attached hydrogens (tertiary/aromatic N) is 4. The van der Waals surface area contributed by atoms with Gasteiger partial charge >= 0.3 is 0 Å². The SMILES string of the molecule is c1ccc(-c2cc(-c3cc(-n4c5ccc(-c6cccc7c6oc6ccccc67)cc5c5cc(-c6cccc7c6oc6ccccc67)ccc54)cc(-n4c5ccc(-c6cccc7c6oc6ccccc67)cc5c5cc(-c6cccc7c6oc6ccccc67)ccc54)c3)nc(-c3ccccc3)n2)cc1. The minimum atomic E-state index is 0.630. The van der Waals surface area contributed by atoms with Crippen molar-refractivity contribution in [3.8, 4) is 89.8 Å². The molecular weight excluding hydrogens is 1250 g/mol. The molecule has 0 aliphatic carbocycles. The van der Waals surface area contributed by atoms with Crippen LogP contribution in [-0.2, 0) is 0 Å². The molecule has 0 atom stereocenters. The van der Waals surface area contributed by atoms with Gasteiger partial charge < -0.3 is 26.8 Å². The zero-order valence-corrected chi connectivity index (χ0v) is 54.6. The number of furan rings is 4. The lowest BCUT2D eigenvalue weighted by Crippen LogP contribution is -2.02. The fourth-order valence-electron chi connectivity index (χ4n) is 16.2. The van der Waals surface area contributed by atoms with Gasteiger partial charge in [0.1, 0.15) is 44.7 Å². The Morgan fingerprint density at radius 3 is 0.833 bits per heavy atom. The summed E-state index contributed by atoms with van der Waals surface area (Å²) in [4.78, 5) is 10.9. The van der Waals surface area contributed by atoms with E-state index >= 15 is 0 Å². The molecule has 0 N–H and O–H groups in total. The summed E-state index contributed by atoms with van der Waals surface area (Å²) in [6.45, 7) is 0. The van der Waals surface area contributed by atoms with Gasteiger partial charge in [0.05, 0.1) is 33.5 Å². The van der Waals surface area contributed by atoms with E-state index in [0.29, 0.717) is 5.82 Å². The van der Waals surface area contributed by atoms with Crippen molar-refractivity contribution >= 4 is 131 Å². The Balaban J connectivity index is 0.828. The Kier molecular flexibility index (Phi) is 12.0. The quantitative estimate of drug-likeness (QED) is 0.143. The van der Waals surface area contributed by atoms with Crippen LogP contribution in [0.15, 0.2) is 345 Å². The highest BCUT2D eigenvalue weighted by atomic mass is 16.3. The smallest absolute Gasteiger partial charge is 0.160 e. The minimum Gasteiger partial charge on any atom is -0.455 e. The summed E-state index contributed by atoms with van der Waals surface area (Å²) in [5, 5.41) is 13.0. The summed E-state index contributed by atoms with van der Waals surface area (Å²) < 4.78 is 32.0. The second kappa shape index (κ2) is 21.8. The first kappa shape index (κ1) is 56.2. The number of rotatable bonds is 9. The molecule has 0 unspecified atom stereocenters. The van der Waals surface area contributed by atoms with E-state index in [2.05, 4.69) is 288 Å². The van der Waals surface area contributed by atoms with Crippen molar-refractivity contribution in [2.45, 2.75) is 0 Å². The predicted molar refractivity (Wildman–Crippen MR) is 418 cm³/mol. The molecule has 15 aromatic carbocycles. The number of hydrogen-bond donors (Lipinski definition) is 0. The van der Waals surface area contributed by atoms with Gasteiger partial charge in [0.15, 0.2) is 5.82 Å². The van der Waals surface area contributed by atoms with Crippen LogP contribution in [-0.4, -0.2) is 19.1 Å². The Morgan fingerprint density at radius 1 is 0.196 bits per heavy atom. The Labute approximate surface area is 582 Å². The summed E-state index contributed by atoms with van der Waals surface area (Å²) >= 11 is 0. The van der Waals surface area contributed by atoms with Gasteiger partial charge in [0.25, 0.3) is 0 Å². The third kappa shape index (κ3) is 8.57. The van der Waals surface area contributed by atoms with Crippen LogP contribution >= 0.6 is 0 Å². The highest BCUT2D eigenvalue weighted by molar-refractivity contribution is 6.18. The van der Waals surface area contributed by atoms with E-state index in [1.165, 1.54) is 0 Å². The first-order valence-electron chi connectivity index (χ1n) is 34.5. The van der Waals surface area contributed by atoms with E-state index in [1.54, 1.807) is 0 Å². The van der Waals surface area contributed by atoms with E-state index in [1.807, 2.05) is 48.5 Å². The molecule has 474 valence electrons. The molecule has 8 nitrogen and oxygen atoms in total. The standard InChI is InChI=1S/C94H54N4O4/c1-3-19-55(20-4-1)80-54-81(96-94(95-80)56-21-5-2-6-22-56)61-47-62(97-82-43-39-57(64-27-15-31-72-68-23-7-11-35-86(68)99-90(64)72)49-76(82)77-50-58(40-44-83(77)97)65-28-16-32-73-69-24-8-12-36-87(69)100-91(65)73)53-63(48-61)98-84-45-41-59(66-29-17-33-74-70-25-9-13-37-88(70)101-92(66)74)51-78(84)79-52-60(42-46-85(79)98)67-30-18-34-75-71-26-10-14-38-89(71)102-93(67)75/h1-54H. The molecule has 0 saturated heterocycles. The molecule has 7 heterocycles. The average molecular weight is 1300 g/mol. The normalized spacial score (nSPS) is 12.1. The Hall–Kier alpha value is -13.8. The molecule has 7 aromatic heterocycles. The Morgan fingerprint density at radius 2 is 0.490 bits per heavy atom. The molecule has 8 heteroatoms.